The summed E-state index contributed by atoms with van der Waals surface area (Å²) in [6.07, 6.45) is 0. The maximum Gasteiger partial charge on any atom is 0.352 e. The van der Waals surface area contributed by atoms with E-state index in [9.17, 15) is 9.59 Å². The van der Waals surface area contributed by atoms with Gasteiger partial charge < -0.3 is 0 Å². The van der Waals surface area contributed by atoms with Crippen LogP contribution in [-0.2, 0) is 5.41 Å². The summed E-state index contributed by atoms with van der Waals surface area (Å²) in [6, 6.07) is 20.4. The highest BCUT2D eigenvalue weighted by molar-refractivity contribution is 5.54. The number of benzene rings is 2. The van der Waals surface area contributed by atoms with Crippen molar-refractivity contribution in [3.05, 3.63) is 87.2 Å². The summed E-state index contributed by atoms with van der Waals surface area (Å²) in [6.45, 7) is 0. The van der Waals surface area contributed by atoms with Crippen molar-refractivity contribution in [1.29, 1.82) is 0 Å². The topological polar surface area (TPSA) is 48.9 Å². The second-order valence-corrected chi connectivity index (χ2v) is 8.94. The minimum absolute atomic E-state index is 0.0924. The third-order valence-corrected chi connectivity index (χ3v) is 8.45. The Morgan fingerprint density at radius 3 is 2.11 bits per heavy atom. The summed E-state index contributed by atoms with van der Waals surface area (Å²) in [4.78, 5) is 26.7. The molecule has 0 saturated heterocycles. The fourth-order valence-corrected chi connectivity index (χ4v) is 7.97. The zero-order valence-corrected chi connectivity index (χ0v) is 14.5. The Labute approximate surface area is 154 Å². The summed E-state index contributed by atoms with van der Waals surface area (Å²) in [5, 5.41) is 0. The Morgan fingerprint density at radius 1 is 0.704 bits per heavy atom. The van der Waals surface area contributed by atoms with Gasteiger partial charge in [0.05, 0.1) is 17.8 Å². The van der Waals surface area contributed by atoms with Gasteiger partial charge in [0, 0.05) is 5.41 Å². The van der Waals surface area contributed by atoms with Crippen LogP contribution in [0.2, 0.25) is 0 Å². The van der Waals surface area contributed by atoms with Crippen molar-refractivity contribution in [3.8, 4) is 5.69 Å². The second kappa shape index (κ2) is 3.75. The van der Waals surface area contributed by atoms with E-state index < -0.39 is 0 Å². The molecule has 4 fully saturated rings. The second-order valence-electron chi connectivity index (χ2n) is 8.94. The van der Waals surface area contributed by atoms with Crippen LogP contribution in [0, 0.1) is 29.6 Å². The van der Waals surface area contributed by atoms with Crippen molar-refractivity contribution in [1.82, 2.24) is 13.9 Å². The molecule has 2 bridgehead atoms. The van der Waals surface area contributed by atoms with E-state index in [4.69, 9.17) is 0 Å². The highest BCUT2D eigenvalue weighted by atomic mass is 16.2. The molecule has 132 valence electrons. The lowest BCUT2D eigenvalue weighted by Gasteiger charge is -2.43. The number of hydrogen-bond acceptors (Lipinski definition) is 2. The molecule has 27 heavy (non-hydrogen) atoms. The van der Waals surface area contributed by atoms with Gasteiger partial charge in [-0.05, 0) is 47.3 Å². The molecule has 4 aliphatic carbocycles. The average molecular weight is 355 g/mol. The fraction of sp³-hybridized carbons (Fsp3) is 0.364. The Morgan fingerprint density at radius 2 is 1.37 bits per heavy atom. The van der Waals surface area contributed by atoms with Crippen LogP contribution < -0.4 is 11.4 Å². The van der Waals surface area contributed by atoms with Crippen LogP contribution in [0.4, 0.5) is 0 Å². The van der Waals surface area contributed by atoms with Crippen LogP contribution in [0.1, 0.15) is 17.6 Å². The molecule has 4 saturated carbocycles. The Kier molecular flexibility index (Phi) is 1.85. The van der Waals surface area contributed by atoms with E-state index in [0.29, 0.717) is 29.4 Å². The Balaban J connectivity index is 1.43. The van der Waals surface area contributed by atoms with Gasteiger partial charge in [-0.3, -0.25) is 0 Å². The molecule has 3 heterocycles. The zero-order valence-electron chi connectivity index (χ0n) is 14.5. The molecule has 1 aromatic heterocycles. The molecule has 0 spiro atoms. The lowest BCUT2D eigenvalue weighted by atomic mass is 9.75. The highest BCUT2D eigenvalue weighted by Crippen LogP contribution is 2.96. The van der Waals surface area contributed by atoms with Gasteiger partial charge in [-0.2, -0.15) is 0 Å². The van der Waals surface area contributed by atoms with Gasteiger partial charge in [-0.25, -0.2) is 23.5 Å². The zero-order chi connectivity index (χ0) is 17.7. The summed E-state index contributed by atoms with van der Waals surface area (Å²) >= 11 is 0. The van der Waals surface area contributed by atoms with Crippen molar-refractivity contribution in [2.75, 3.05) is 0 Å². The van der Waals surface area contributed by atoms with E-state index in [2.05, 4.69) is 30.3 Å². The molecule has 6 aliphatic rings. The smallest absolute Gasteiger partial charge is 0.245 e. The largest absolute Gasteiger partial charge is 0.352 e. The van der Waals surface area contributed by atoms with E-state index in [0.717, 1.165) is 5.92 Å². The summed E-state index contributed by atoms with van der Waals surface area (Å²) in [5.74, 6) is 3.14. The molecule has 5 nitrogen and oxygen atoms in total. The molecule has 8 unspecified atom stereocenters. The molecule has 8 atom stereocenters. The van der Waals surface area contributed by atoms with Crippen molar-refractivity contribution < 1.29 is 0 Å². The molecule has 3 aromatic rings. The lowest BCUT2D eigenvalue weighted by Crippen LogP contribution is -2.50. The number of aromatic nitrogens is 3. The standard InChI is InChI=1S/C22H17N3O2/c26-20-23(12-9-5-2-6-10-12)21(27)25-19-15-13-14(15)18(24(20)25)17-16(13)22(17,19)11-7-3-1-4-8-11/h1-10,13-19H. The highest BCUT2D eigenvalue weighted by Gasteiger charge is 2.97. The van der Waals surface area contributed by atoms with Crippen molar-refractivity contribution in [2.24, 2.45) is 29.6 Å². The van der Waals surface area contributed by atoms with Gasteiger partial charge >= 0.3 is 11.4 Å². The van der Waals surface area contributed by atoms with Crippen molar-refractivity contribution >= 4 is 0 Å². The summed E-state index contributed by atoms with van der Waals surface area (Å²) < 4.78 is 5.08. The molecule has 0 amide bonds. The molecule has 2 aliphatic heterocycles. The first-order valence-electron chi connectivity index (χ1n) is 9.85. The van der Waals surface area contributed by atoms with E-state index in [-0.39, 0.29) is 28.9 Å². The first kappa shape index (κ1) is 13.4. The fourth-order valence-electron chi connectivity index (χ4n) is 7.97. The van der Waals surface area contributed by atoms with Crippen LogP contribution in [0.3, 0.4) is 0 Å². The van der Waals surface area contributed by atoms with Crippen LogP contribution >= 0.6 is 0 Å². The van der Waals surface area contributed by atoms with E-state index in [1.807, 2.05) is 39.7 Å². The molecular formula is C22H17N3O2. The maximum absolute atomic E-state index is 13.4. The number of nitrogens with zero attached hydrogens (tertiary/aromatic N) is 3. The van der Waals surface area contributed by atoms with Crippen LogP contribution in [0.15, 0.2) is 70.3 Å². The van der Waals surface area contributed by atoms with Crippen molar-refractivity contribution in [3.63, 3.8) is 0 Å². The quantitative estimate of drug-likeness (QED) is 0.706. The molecular weight excluding hydrogens is 338 g/mol. The normalized spacial score (nSPS) is 42.9. The predicted molar refractivity (Wildman–Crippen MR) is 97.9 cm³/mol. The van der Waals surface area contributed by atoms with Gasteiger partial charge in [0.25, 0.3) is 0 Å². The first-order valence-corrected chi connectivity index (χ1v) is 9.85. The Bertz CT molecular complexity index is 1270. The minimum Gasteiger partial charge on any atom is -0.245 e. The van der Waals surface area contributed by atoms with Gasteiger partial charge in [-0.15, -0.1) is 0 Å². The maximum atomic E-state index is 13.4. The van der Waals surface area contributed by atoms with Crippen LogP contribution in [-0.4, -0.2) is 13.9 Å². The van der Waals surface area contributed by atoms with Gasteiger partial charge in [0.2, 0.25) is 0 Å². The summed E-state index contributed by atoms with van der Waals surface area (Å²) in [7, 11) is 0. The number of hydrogen-bond donors (Lipinski definition) is 0. The molecule has 0 radical (unpaired) electrons. The predicted octanol–water partition coefficient (Wildman–Crippen LogP) is 1.97. The van der Waals surface area contributed by atoms with Gasteiger partial charge in [0.15, 0.2) is 0 Å². The summed E-state index contributed by atoms with van der Waals surface area (Å²) in [5.41, 5.74) is 1.82. The minimum atomic E-state index is -0.161. The third kappa shape index (κ3) is 1.10. The molecule has 9 rings (SSSR count). The van der Waals surface area contributed by atoms with Crippen LogP contribution in [0.25, 0.3) is 5.69 Å². The monoisotopic (exact) mass is 355 g/mol. The third-order valence-electron chi connectivity index (χ3n) is 8.45. The lowest BCUT2D eigenvalue weighted by molar-refractivity contribution is 0.0921. The molecule has 2 aromatic carbocycles. The van der Waals surface area contributed by atoms with Crippen molar-refractivity contribution in [2.45, 2.75) is 17.5 Å². The van der Waals surface area contributed by atoms with E-state index in [1.54, 1.807) is 0 Å². The molecule has 0 N–H and O–H groups in total. The van der Waals surface area contributed by atoms with E-state index >= 15 is 0 Å². The van der Waals surface area contributed by atoms with E-state index in [1.165, 1.54) is 10.1 Å². The Hall–Kier alpha value is -2.82. The average Bonchev–Trinajstić information content (AvgIpc) is 3.51. The van der Waals surface area contributed by atoms with Crippen LogP contribution in [0.5, 0.6) is 0 Å². The van der Waals surface area contributed by atoms with Gasteiger partial charge in [-0.1, -0.05) is 48.5 Å². The number of para-hydroxylation sites is 1. The molecule has 5 heteroatoms. The van der Waals surface area contributed by atoms with Gasteiger partial charge in [0.1, 0.15) is 0 Å². The number of rotatable bonds is 2. The first-order chi connectivity index (χ1) is 13.3. The SMILES string of the molecule is O=c1n(-c2ccccc2)c(=O)n2n1C1C3C4C3C2C2(c3ccccc3)C4C12.